The molecule has 0 atom stereocenters. The fourth-order valence-electron chi connectivity index (χ4n) is 3.02. The topological polar surface area (TPSA) is 58.4 Å². The van der Waals surface area contributed by atoms with Crippen LogP contribution in [-0.4, -0.2) is 30.4 Å². The van der Waals surface area contributed by atoms with Gasteiger partial charge >= 0.3 is 0 Å². The van der Waals surface area contributed by atoms with Gasteiger partial charge in [0.15, 0.2) is 0 Å². The molecule has 0 saturated heterocycles. The van der Waals surface area contributed by atoms with E-state index in [0.29, 0.717) is 12.5 Å². The fourth-order valence-corrected chi connectivity index (χ4v) is 3.02. The summed E-state index contributed by atoms with van der Waals surface area (Å²) in [5, 5.41) is 2.97. The van der Waals surface area contributed by atoms with Gasteiger partial charge < -0.3 is 16.0 Å². The van der Waals surface area contributed by atoms with Gasteiger partial charge in [0, 0.05) is 30.4 Å². The maximum atomic E-state index is 12.1. The predicted octanol–water partition coefficient (Wildman–Crippen LogP) is 3.17. The van der Waals surface area contributed by atoms with Crippen LogP contribution in [0.1, 0.15) is 44.1 Å². The van der Waals surface area contributed by atoms with Gasteiger partial charge in [0.2, 0.25) is 5.91 Å². The quantitative estimate of drug-likeness (QED) is 0.819. The van der Waals surface area contributed by atoms with Crippen molar-refractivity contribution >= 4 is 17.3 Å². The zero-order chi connectivity index (χ0) is 15.2. The van der Waals surface area contributed by atoms with Crippen LogP contribution in [0.3, 0.4) is 0 Å². The van der Waals surface area contributed by atoms with Gasteiger partial charge in [-0.05, 0) is 50.6 Å². The first-order valence-electron chi connectivity index (χ1n) is 7.92. The maximum absolute atomic E-state index is 12.1. The van der Waals surface area contributed by atoms with Crippen molar-refractivity contribution in [2.45, 2.75) is 51.5 Å². The standard InChI is InChI=1S/C17H27N3O/c1-13-12-14(18)8-9-16(13)19-17(21)10-11-20(2)15-6-4-3-5-7-15/h8-9,12,15H,3-7,10-11,18H2,1-2H3,(H,19,21). The molecule has 4 heteroatoms. The molecular weight excluding hydrogens is 262 g/mol. The van der Waals surface area contributed by atoms with Gasteiger partial charge in [0.05, 0.1) is 0 Å². The minimum absolute atomic E-state index is 0.0746. The lowest BCUT2D eigenvalue weighted by molar-refractivity contribution is -0.116. The molecule has 1 amide bonds. The highest BCUT2D eigenvalue weighted by Gasteiger charge is 2.18. The molecule has 0 radical (unpaired) electrons. The van der Waals surface area contributed by atoms with Crippen molar-refractivity contribution in [1.82, 2.24) is 4.90 Å². The molecule has 1 saturated carbocycles. The molecule has 21 heavy (non-hydrogen) atoms. The molecule has 0 unspecified atom stereocenters. The number of nitrogens with zero attached hydrogens (tertiary/aromatic N) is 1. The third-order valence-electron chi connectivity index (χ3n) is 4.41. The maximum Gasteiger partial charge on any atom is 0.225 e. The van der Waals surface area contributed by atoms with E-state index < -0.39 is 0 Å². The van der Waals surface area contributed by atoms with Crippen molar-refractivity contribution in [3.63, 3.8) is 0 Å². The van der Waals surface area contributed by atoms with E-state index in [1.54, 1.807) is 0 Å². The zero-order valence-electron chi connectivity index (χ0n) is 13.2. The molecule has 4 nitrogen and oxygen atoms in total. The minimum atomic E-state index is 0.0746. The lowest BCUT2D eigenvalue weighted by Gasteiger charge is -2.30. The highest BCUT2D eigenvalue weighted by Crippen LogP contribution is 2.22. The first-order chi connectivity index (χ1) is 10.1. The molecule has 1 aliphatic rings. The number of carbonyl (C=O) groups is 1. The van der Waals surface area contributed by atoms with Crippen molar-refractivity contribution in [2.24, 2.45) is 0 Å². The van der Waals surface area contributed by atoms with Crippen LogP contribution in [0.25, 0.3) is 0 Å². The minimum Gasteiger partial charge on any atom is -0.399 e. The summed E-state index contributed by atoms with van der Waals surface area (Å²) >= 11 is 0. The highest BCUT2D eigenvalue weighted by atomic mass is 16.1. The Morgan fingerprint density at radius 2 is 2.05 bits per heavy atom. The summed E-state index contributed by atoms with van der Waals surface area (Å²) in [6, 6.07) is 6.22. The largest absolute Gasteiger partial charge is 0.399 e. The number of amides is 1. The Morgan fingerprint density at radius 3 is 2.71 bits per heavy atom. The van der Waals surface area contributed by atoms with Crippen LogP contribution in [-0.2, 0) is 4.79 Å². The summed E-state index contributed by atoms with van der Waals surface area (Å²) in [5.74, 6) is 0.0746. The number of hydrogen-bond acceptors (Lipinski definition) is 3. The normalized spacial score (nSPS) is 16.1. The SMILES string of the molecule is Cc1cc(N)ccc1NC(=O)CCN(C)C1CCCCC1. The Kier molecular flexibility index (Phi) is 5.62. The average Bonchev–Trinajstić information content (AvgIpc) is 2.48. The van der Waals surface area contributed by atoms with Gasteiger partial charge in [-0.15, -0.1) is 0 Å². The Balaban J connectivity index is 1.78. The van der Waals surface area contributed by atoms with Crippen molar-refractivity contribution in [3.8, 4) is 0 Å². The van der Waals surface area contributed by atoms with Crippen molar-refractivity contribution < 1.29 is 4.79 Å². The third-order valence-corrected chi connectivity index (χ3v) is 4.41. The number of nitrogens with two attached hydrogens (primary N) is 1. The molecule has 1 aliphatic carbocycles. The van der Waals surface area contributed by atoms with Crippen molar-refractivity contribution in [3.05, 3.63) is 23.8 Å². The second-order valence-corrected chi connectivity index (χ2v) is 6.14. The number of anilines is 2. The molecule has 1 fully saturated rings. The number of nitrogen functional groups attached to an aromatic ring is 1. The van der Waals surface area contributed by atoms with Crippen molar-refractivity contribution in [2.75, 3.05) is 24.6 Å². The lowest BCUT2D eigenvalue weighted by Crippen LogP contribution is -2.35. The van der Waals surface area contributed by atoms with Gasteiger partial charge in [0.1, 0.15) is 0 Å². The van der Waals surface area contributed by atoms with E-state index in [1.165, 1.54) is 32.1 Å². The van der Waals surface area contributed by atoms with E-state index in [2.05, 4.69) is 17.3 Å². The monoisotopic (exact) mass is 289 g/mol. The molecule has 1 aromatic carbocycles. The van der Waals surface area contributed by atoms with Crippen LogP contribution < -0.4 is 11.1 Å². The third kappa shape index (κ3) is 4.74. The van der Waals surface area contributed by atoms with Crippen LogP contribution >= 0.6 is 0 Å². The summed E-state index contributed by atoms with van der Waals surface area (Å²) in [5.41, 5.74) is 8.30. The molecule has 3 N–H and O–H groups in total. The first kappa shape index (κ1) is 15.8. The number of hydrogen-bond donors (Lipinski definition) is 2. The van der Waals surface area contributed by atoms with E-state index in [9.17, 15) is 4.79 Å². The van der Waals surface area contributed by atoms with Crippen LogP contribution in [0.15, 0.2) is 18.2 Å². The number of carbonyl (C=O) groups excluding carboxylic acids is 1. The first-order valence-corrected chi connectivity index (χ1v) is 7.92. The molecule has 0 bridgehead atoms. The van der Waals surface area contributed by atoms with Gasteiger partial charge in [0.25, 0.3) is 0 Å². The fraction of sp³-hybridized carbons (Fsp3) is 0.588. The molecule has 116 valence electrons. The Labute approximate surface area is 127 Å². The molecule has 0 spiro atoms. The summed E-state index contributed by atoms with van der Waals surface area (Å²) in [6.07, 6.45) is 7.10. The Morgan fingerprint density at radius 1 is 1.33 bits per heavy atom. The van der Waals surface area contributed by atoms with Gasteiger partial charge in [-0.3, -0.25) is 4.79 Å². The van der Waals surface area contributed by atoms with Crippen LogP contribution in [0, 0.1) is 6.92 Å². The zero-order valence-corrected chi connectivity index (χ0v) is 13.2. The second-order valence-electron chi connectivity index (χ2n) is 6.14. The molecule has 0 heterocycles. The summed E-state index contributed by atoms with van der Waals surface area (Å²) in [4.78, 5) is 14.4. The average molecular weight is 289 g/mol. The smallest absolute Gasteiger partial charge is 0.225 e. The summed E-state index contributed by atoms with van der Waals surface area (Å²) in [6.45, 7) is 2.78. The van der Waals surface area contributed by atoms with Gasteiger partial charge in [-0.2, -0.15) is 0 Å². The van der Waals surface area contributed by atoms with Gasteiger partial charge in [-0.25, -0.2) is 0 Å². The Bertz CT molecular complexity index is 481. The second kappa shape index (κ2) is 7.46. The summed E-state index contributed by atoms with van der Waals surface area (Å²) in [7, 11) is 2.14. The van der Waals surface area contributed by atoms with Gasteiger partial charge in [-0.1, -0.05) is 19.3 Å². The molecule has 0 aliphatic heterocycles. The van der Waals surface area contributed by atoms with E-state index in [1.807, 2.05) is 25.1 Å². The number of aryl methyl sites for hydroxylation is 1. The number of benzene rings is 1. The molecule has 2 rings (SSSR count). The van der Waals surface area contributed by atoms with E-state index in [4.69, 9.17) is 5.73 Å². The van der Waals surface area contributed by atoms with E-state index >= 15 is 0 Å². The van der Waals surface area contributed by atoms with E-state index in [0.717, 1.165) is 23.5 Å². The highest BCUT2D eigenvalue weighted by molar-refractivity contribution is 5.91. The van der Waals surface area contributed by atoms with Crippen LogP contribution in [0.4, 0.5) is 11.4 Å². The van der Waals surface area contributed by atoms with E-state index in [-0.39, 0.29) is 5.91 Å². The summed E-state index contributed by atoms with van der Waals surface area (Å²) < 4.78 is 0. The molecule has 0 aromatic heterocycles. The predicted molar refractivity (Wildman–Crippen MR) is 88.3 cm³/mol. The Hall–Kier alpha value is -1.55. The lowest BCUT2D eigenvalue weighted by atomic mass is 9.94. The number of nitrogens with one attached hydrogen (secondary N) is 1. The van der Waals surface area contributed by atoms with Crippen LogP contribution in [0.5, 0.6) is 0 Å². The number of rotatable bonds is 5. The van der Waals surface area contributed by atoms with Crippen molar-refractivity contribution in [1.29, 1.82) is 0 Å². The molecular formula is C17H27N3O. The molecule has 1 aromatic rings. The van der Waals surface area contributed by atoms with Crippen LogP contribution in [0.2, 0.25) is 0 Å².